The maximum atomic E-state index is 11.4. The molecule has 0 saturated carbocycles. The molecule has 0 aliphatic rings. The van der Waals surface area contributed by atoms with Crippen molar-refractivity contribution in [2.75, 3.05) is 0 Å². The summed E-state index contributed by atoms with van der Waals surface area (Å²) in [7, 11) is 0. The van der Waals surface area contributed by atoms with Crippen LogP contribution in [0.1, 0.15) is 31.4 Å². The van der Waals surface area contributed by atoms with Gasteiger partial charge in [-0.2, -0.15) is 5.10 Å². The van der Waals surface area contributed by atoms with Crippen LogP contribution in [0.4, 0.5) is 0 Å². The Balaban J connectivity index is 2.45. The van der Waals surface area contributed by atoms with Crippen LogP contribution in [-0.4, -0.2) is 24.1 Å². The maximum absolute atomic E-state index is 11.4. The van der Waals surface area contributed by atoms with Gasteiger partial charge in [0.2, 0.25) is 0 Å². The van der Waals surface area contributed by atoms with Crippen LogP contribution in [0, 0.1) is 6.92 Å². The van der Waals surface area contributed by atoms with Gasteiger partial charge < -0.3 is 5.32 Å². The van der Waals surface area contributed by atoms with Gasteiger partial charge in [-0.15, -0.1) is 0 Å². The number of nitrogens with one attached hydrogen (secondary N) is 2. The molecule has 0 spiro atoms. The Kier molecular flexibility index (Phi) is 5.73. The van der Waals surface area contributed by atoms with Crippen LogP contribution in [0.3, 0.4) is 0 Å². The zero-order chi connectivity index (χ0) is 14.3. The van der Waals surface area contributed by atoms with E-state index in [0.717, 1.165) is 17.5 Å². The van der Waals surface area contributed by atoms with E-state index >= 15 is 0 Å². The van der Waals surface area contributed by atoms with Crippen LogP contribution in [-0.2, 0) is 9.59 Å². The lowest BCUT2D eigenvalue weighted by Crippen LogP contribution is -2.41. The number of hydrazone groups is 1. The van der Waals surface area contributed by atoms with E-state index in [0.29, 0.717) is 0 Å². The molecule has 19 heavy (non-hydrogen) atoms. The largest absolute Gasteiger partial charge is 0.345 e. The quantitative estimate of drug-likeness (QED) is 0.488. The van der Waals surface area contributed by atoms with Crippen LogP contribution in [0.2, 0.25) is 0 Å². The van der Waals surface area contributed by atoms with Crippen molar-refractivity contribution < 1.29 is 9.59 Å². The van der Waals surface area contributed by atoms with E-state index < -0.39 is 11.8 Å². The van der Waals surface area contributed by atoms with Crippen molar-refractivity contribution in [2.24, 2.45) is 5.10 Å². The van der Waals surface area contributed by atoms with Crippen molar-refractivity contribution in [2.45, 2.75) is 33.2 Å². The summed E-state index contributed by atoms with van der Waals surface area (Å²) >= 11 is 0. The minimum absolute atomic E-state index is 0.0284. The molecule has 1 rings (SSSR count). The SMILES string of the molecule is CC[C@H](C)NC(=O)C(=O)N/N=C\c1ccc(C)cc1. The van der Waals surface area contributed by atoms with Crippen molar-refractivity contribution in [3.63, 3.8) is 0 Å². The first kappa shape index (κ1) is 14.9. The molecule has 0 saturated heterocycles. The molecule has 1 aromatic carbocycles. The van der Waals surface area contributed by atoms with Crippen LogP contribution >= 0.6 is 0 Å². The Hall–Kier alpha value is -2.17. The Morgan fingerprint density at radius 3 is 2.47 bits per heavy atom. The number of nitrogens with zero attached hydrogens (tertiary/aromatic N) is 1. The van der Waals surface area contributed by atoms with E-state index in [1.807, 2.05) is 45.0 Å². The summed E-state index contributed by atoms with van der Waals surface area (Å²) in [4.78, 5) is 22.8. The highest BCUT2D eigenvalue weighted by Crippen LogP contribution is 1.99. The number of carbonyl (C=O) groups is 2. The fraction of sp³-hybridized carbons (Fsp3) is 0.357. The third kappa shape index (κ3) is 5.33. The summed E-state index contributed by atoms with van der Waals surface area (Å²) < 4.78 is 0. The fourth-order valence-electron chi connectivity index (χ4n) is 1.26. The molecule has 0 unspecified atom stereocenters. The Labute approximate surface area is 113 Å². The van der Waals surface area contributed by atoms with Crippen LogP contribution in [0.15, 0.2) is 29.4 Å². The van der Waals surface area contributed by atoms with Gasteiger partial charge in [-0.05, 0) is 25.8 Å². The lowest BCUT2D eigenvalue weighted by molar-refractivity contribution is -0.139. The summed E-state index contributed by atoms with van der Waals surface area (Å²) in [5.74, 6) is -1.43. The molecule has 0 bridgehead atoms. The first-order valence-electron chi connectivity index (χ1n) is 6.23. The number of rotatable bonds is 4. The van der Waals surface area contributed by atoms with Gasteiger partial charge in [-0.3, -0.25) is 9.59 Å². The maximum Gasteiger partial charge on any atom is 0.329 e. The number of hydrogen-bond donors (Lipinski definition) is 2. The molecule has 1 aromatic rings. The highest BCUT2D eigenvalue weighted by atomic mass is 16.2. The van der Waals surface area contributed by atoms with Gasteiger partial charge in [0.25, 0.3) is 0 Å². The number of aryl methyl sites for hydroxylation is 1. The average Bonchev–Trinajstić information content (AvgIpc) is 2.40. The van der Waals surface area contributed by atoms with Gasteiger partial charge >= 0.3 is 11.8 Å². The van der Waals surface area contributed by atoms with E-state index in [-0.39, 0.29) is 6.04 Å². The second-order valence-electron chi connectivity index (χ2n) is 4.39. The smallest absolute Gasteiger partial charge is 0.329 e. The molecule has 0 fully saturated rings. The van der Waals surface area contributed by atoms with E-state index in [9.17, 15) is 9.59 Å². The highest BCUT2D eigenvalue weighted by molar-refractivity contribution is 6.35. The van der Waals surface area contributed by atoms with E-state index in [1.54, 1.807) is 0 Å². The van der Waals surface area contributed by atoms with Crippen LogP contribution < -0.4 is 10.7 Å². The third-order valence-corrected chi connectivity index (χ3v) is 2.65. The van der Waals surface area contributed by atoms with Gasteiger partial charge in [0.1, 0.15) is 0 Å². The van der Waals surface area contributed by atoms with Crippen molar-refractivity contribution in [1.29, 1.82) is 0 Å². The number of benzene rings is 1. The van der Waals surface area contributed by atoms with E-state index in [1.165, 1.54) is 6.21 Å². The zero-order valence-corrected chi connectivity index (χ0v) is 11.4. The van der Waals surface area contributed by atoms with Crippen LogP contribution in [0.5, 0.6) is 0 Å². The summed E-state index contributed by atoms with van der Waals surface area (Å²) in [6.07, 6.45) is 2.26. The lowest BCUT2D eigenvalue weighted by Gasteiger charge is -2.09. The molecule has 0 aromatic heterocycles. The lowest BCUT2D eigenvalue weighted by atomic mass is 10.2. The summed E-state index contributed by atoms with van der Waals surface area (Å²) in [6.45, 7) is 5.75. The fourth-order valence-corrected chi connectivity index (χ4v) is 1.26. The second-order valence-corrected chi connectivity index (χ2v) is 4.39. The predicted molar refractivity (Wildman–Crippen MR) is 74.8 cm³/mol. The second kappa shape index (κ2) is 7.31. The number of hydrogen-bond acceptors (Lipinski definition) is 3. The summed E-state index contributed by atoms with van der Waals surface area (Å²) in [5.41, 5.74) is 4.20. The van der Waals surface area contributed by atoms with Crippen molar-refractivity contribution in [3.05, 3.63) is 35.4 Å². The van der Waals surface area contributed by atoms with Crippen molar-refractivity contribution >= 4 is 18.0 Å². The predicted octanol–water partition coefficient (Wildman–Crippen LogP) is 1.36. The number of amides is 2. The normalized spacial score (nSPS) is 12.2. The molecule has 5 heteroatoms. The molecule has 0 radical (unpaired) electrons. The van der Waals surface area contributed by atoms with Crippen LogP contribution in [0.25, 0.3) is 0 Å². The Morgan fingerprint density at radius 2 is 1.89 bits per heavy atom. The molecule has 2 amide bonds. The van der Waals surface area contributed by atoms with Crippen molar-refractivity contribution in [1.82, 2.24) is 10.7 Å². The molecule has 2 N–H and O–H groups in total. The summed E-state index contributed by atoms with van der Waals surface area (Å²) in [5, 5.41) is 6.30. The summed E-state index contributed by atoms with van der Waals surface area (Å²) in [6, 6.07) is 7.62. The van der Waals surface area contributed by atoms with E-state index in [2.05, 4.69) is 15.8 Å². The molecule has 1 atom stereocenters. The highest BCUT2D eigenvalue weighted by Gasteiger charge is 2.13. The van der Waals surface area contributed by atoms with Gasteiger partial charge in [-0.1, -0.05) is 36.8 Å². The minimum Gasteiger partial charge on any atom is -0.345 e. The molecule has 5 nitrogen and oxygen atoms in total. The molecule has 0 heterocycles. The zero-order valence-electron chi connectivity index (χ0n) is 11.4. The average molecular weight is 261 g/mol. The minimum atomic E-state index is -0.760. The van der Waals surface area contributed by atoms with Gasteiger partial charge in [0.05, 0.1) is 6.21 Å². The molecule has 0 aliphatic carbocycles. The molecular formula is C14H19N3O2. The first-order valence-corrected chi connectivity index (χ1v) is 6.23. The van der Waals surface area contributed by atoms with Gasteiger partial charge in [0, 0.05) is 6.04 Å². The Bertz CT molecular complexity index is 466. The van der Waals surface area contributed by atoms with Gasteiger partial charge in [-0.25, -0.2) is 5.43 Å². The first-order chi connectivity index (χ1) is 9.02. The van der Waals surface area contributed by atoms with E-state index in [4.69, 9.17) is 0 Å². The molecule has 102 valence electrons. The third-order valence-electron chi connectivity index (χ3n) is 2.65. The van der Waals surface area contributed by atoms with Gasteiger partial charge in [0.15, 0.2) is 0 Å². The molecular weight excluding hydrogens is 242 g/mol. The Morgan fingerprint density at radius 1 is 1.26 bits per heavy atom. The number of carbonyl (C=O) groups excluding carboxylic acids is 2. The monoisotopic (exact) mass is 261 g/mol. The molecule has 0 aliphatic heterocycles. The standard InChI is InChI=1S/C14H19N3O2/c1-4-11(3)16-13(18)14(19)17-15-9-12-7-5-10(2)6-8-12/h5-9,11H,4H2,1-3H3,(H,16,18)(H,17,19)/b15-9-/t11-/m0/s1. The van der Waals surface area contributed by atoms with Crippen molar-refractivity contribution in [3.8, 4) is 0 Å². The topological polar surface area (TPSA) is 70.6 Å².